The van der Waals surface area contributed by atoms with Gasteiger partial charge in [-0.25, -0.2) is 4.79 Å². The highest BCUT2D eigenvalue weighted by molar-refractivity contribution is 5.81. The fourth-order valence-corrected chi connectivity index (χ4v) is 4.65. The van der Waals surface area contributed by atoms with E-state index in [0.717, 1.165) is 25.9 Å². The molecule has 1 aromatic rings. The number of cyclic esters (lactones) is 1. The first kappa shape index (κ1) is 16.4. The Hall–Kier alpha value is -2.04. The molecule has 134 valence electrons. The molecule has 1 aromatic carbocycles. The van der Waals surface area contributed by atoms with E-state index < -0.39 is 6.09 Å². The van der Waals surface area contributed by atoms with E-state index >= 15 is 0 Å². The van der Waals surface area contributed by atoms with E-state index in [2.05, 4.69) is 36.5 Å². The monoisotopic (exact) mass is 342 g/mol. The summed E-state index contributed by atoms with van der Waals surface area (Å²) in [7, 11) is 0. The van der Waals surface area contributed by atoms with Crippen molar-refractivity contribution in [3.05, 3.63) is 35.4 Å². The zero-order valence-corrected chi connectivity index (χ0v) is 14.8. The summed E-state index contributed by atoms with van der Waals surface area (Å²) in [6, 6.07) is 8.79. The summed E-state index contributed by atoms with van der Waals surface area (Å²) in [6.07, 6.45) is 3.52. The molecule has 25 heavy (non-hydrogen) atoms. The van der Waals surface area contributed by atoms with Crippen LogP contribution in [0.5, 0.6) is 0 Å². The van der Waals surface area contributed by atoms with Gasteiger partial charge in [-0.2, -0.15) is 0 Å². The van der Waals surface area contributed by atoms with Gasteiger partial charge in [-0.3, -0.25) is 4.79 Å². The van der Waals surface area contributed by atoms with E-state index in [9.17, 15) is 9.59 Å². The van der Waals surface area contributed by atoms with Crippen molar-refractivity contribution in [3.63, 3.8) is 0 Å². The van der Waals surface area contributed by atoms with Crippen LogP contribution in [0.25, 0.3) is 0 Å². The smallest absolute Gasteiger partial charge is 0.407 e. The van der Waals surface area contributed by atoms with Crippen LogP contribution < -0.4 is 5.32 Å². The van der Waals surface area contributed by atoms with Crippen molar-refractivity contribution >= 4 is 12.0 Å². The first-order valence-corrected chi connectivity index (χ1v) is 9.31. The van der Waals surface area contributed by atoms with Crippen molar-refractivity contribution in [2.45, 2.75) is 38.5 Å². The molecule has 0 bridgehead atoms. The van der Waals surface area contributed by atoms with Crippen LogP contribution in [0.15, 0.2) is 24.3 Å². The number of nitrogens with zero attached hydrogens (tertiary/aromatic N) is 1. The predicted octanol–water partition coefficient (Wildman–Crippen LogP) is 2.84. The van der Waals surface area contributed by atoms with Crippen LogP contribution in [0.4, 0.5) is 4.79 Å². The molecule has 2 saturated heterocycles. The summed E-state index contributed by atoms with van der Waals surface area (Å²) in [5, 5.41) is 2.69. The topological polar surface area (TPSA) is 58.6 Å². The second kappa shape index (κ2) is 6.36. The molecule has 1 atom stereocenters. The van der Waals surface area contributed by atoms with E-state index in [0.29, 0.717) is 24.5 Å². The Morgan fingerprint density at radius 3 is 2.88 bits per heavy atom. The minimum Gasteiger partial charge on any atom is -0.450 e. The highest BCUT2D eigenvalue weighted by Gasteiger charge is 2.54. The Morgan fingerprint density at radius 2 is 2.12 bits per heavy atom. The van der Waals surface area contributed by atoms with Crippen LogP contribution in [-0.2, 0) is 9.53 Å². The third-order valence-corrected chi connectivity index (χ3v) is 6.01. The second-order valence-corrected chi connectivity index (χ2v) is 8.07. The molecule has 4 rings (SSSR count). The first-order valence-electron chi connectivity index (χ1n) is 9.31. The molecular weight excluding hydrogens is 316 g/mol. The average Bonchev–Trinajstić information content (AvgIpc) is 2.48. The number of nitrogens with one attached hydrogen (secondary N) is 1. The van der Waals surface area contributed by atoms with Crippen molar-refractivity contribution in [2.24, 2.45) is 11.3 Å². The number of ether oxygens (including phenoxy) is 1. The minimum absolute atomic E-state index is 0.0992. The summed E-state index contributed by atoms with van der Waals surface area (Å²) in [5.74, 6) is 0.750. The van der Waals surface area contributed by atoms with Gasteiger partial charge in [0.15, 0.2) is 0 Å². The van der Waals surface area contributed by atoms with Crippen LogP contribution in [0, 0.1) is 18.3 Å². The standard InChI is InChI=1S/C20H26N2O3/c1-14-4-2-5-15(8-14)17-9-20(10-17)12-22(13-20)18(23)16-6-3-7-25-19(24)21-11-16/h2,4-5,8,16-17H,3,6-7,9-13H2,1H3,(H,21,24)/t16-/m1/s1. The molecule has 5 heteroatoms. The minimum atomic E-state index is -0.405. The maximum Gasteiger partial charge on any atom is 0.407 e. The molecule has 5 nitrogen and oxygen atoms in total. The van der Waals surface area contributed by atoms with Crippen molar-refractivity contribution in [2.75, 3.05) is 26.2 Å². The van der Waals surface area contributed by atoms with Gasteiger partial charge in [-0.05, 0) is 44.1 Å². The van der Waals surface area contributed by atoms with E-state index in [1.54, 1.807) is 0 Å². The first-order chi connectivity index (χ1) is 12.0. The normalized spacial score (nSPS) is 25.9. The summed E-state index contributed by atoms with van der Waals surface area (Å²) in [4.78, 5) is 26.1. The Kier molecular flexibility index (Phi) is 4.18. The fourth-order valence-electron chi connectivity index (χ4n) is 4.65. The molecule has 2 heterocycles. The highest BCUT2D eigenvalue weighted by atomic mass is 16.5. The summed E-state index contributed by atoms with van der Waals surface area (Å²) in [5.41, 5.74) is 3.11. The lowest BCUT2D eigenvalue weighted by molar-refractivity contribution is -0.156. The van der Waals surface area contributed by atoms with Gasteiger partial charge in [0.25, 0.3) is 0 Å². The van der Waals surface area contributed by atoms with Gasteiger partial charge in [0, 0.05) is 25.0 Å². The summed E-state index contributed by atoms with van der Waals surface area (Å²) in [6.45, 7) is 4.70. The van der Waals surface area contributed by atoms with Gasteiger partial charge in [-0.15, -0.1) is 0 Å². The zero-order chi connectivity index (χ0) is 17.4. The van der Waals surface area contributed by atoms with Gasteiger partial charge < -0.3 is 15.0 Å². The van der Waals surface area contributed by atoms with Gasteiger partial charge >= 0.3 is 6.09 Å². The Labute approximate surface area is 148 Å². The number of alkyl carbamates (subject to hydrolysis) is 1. The number of aryl methyl sites for hydroxylation is 1. The van der Waals surface area contributed by atoms with Crippen LogP contribution in [0.1, 0.15) is 42.7 Å². The predicted molar refractivity (Wildman–Crippen MR) is 94.2 cm³/mol. The quantitative estimate of drug-likeness (QED) is 0.899. The number of hydrogen-bond acceptors (Lipinski definition) is 3. The van der Waals surface area contributed by atoms with Crippen molar-refractivity contribution in [1.82, 2.24) is 10.2 Å². The number of likely N-dealkylation sites (tertiary alicyclic amines) is 1. The molecular formula is C20H26N2O3. The molecule has 0 unspecified atom stereocenters. The highest BCUT2D eigenvalue weighted by Crippen LogP contribution is 2.56. The van der Waals surface area contributed by atoms with Crippen molar-refractivity contribution in [1.29, 1.82) is 0 Å². The lowest BCUT2D eigenvalue weighted by Gasteiger charge is -2.59. The molecule has 1 saturated carbocycles. The maximum absolute atomic E-state index is 12.7. The fraction of sp³-hybridized carbons (Fsp3) is 0.600. The zero-order valence-electron chi connectivity index (χ0n) is 14.8. The van der Waals surface area contributed by atoms with E-state index in [4.69, 9.17) is 4.74 Å². The number of benzene rings is 1. The third-order valence-electron chi connectivity index (χ3n) is 6.01. The van der Waals surface area contributed by atoms with Crippen LogP contribution >= 0.6 is 0 Å². The van der Waals surface area contributed by atoms with E-state index in [1.807, 2.05) is 4.90 Å². The van der Waals surface area contributed by atoms with E-state index in [1.165, 1.54) is 24.0 Å². The number of rotatable bonds is 2. The van der Waals surface area contributed by atoms with Crippen LogP contribution in [-0.4, -0.2) is 43.1 Å². The molecule has 2 amide bonds. The lowest BCUT2D eigenvalue weighted by Crippen LogP contribution is -2.64. The maximum atomic E-state index is 12.7. The van der Waals surface area contributed by atoms with Crippen LogP contribution in [0.3, 0.4) is 0 Å². The van der Waals surface area contributed by atoms with Crippen molar-refractivity contribution < 1.29 is 14.3 Å². The molecule has 0 aromatic heterocycles. The van der Waals surface area contributed by atoms with E-state index in [-0.39, 0.29) is 11.8 Å². The Balaban J connectivity index is 1.29. The SMILES string of the molecule is Cc1cccc(C2CC3(C2)CN(C(=O)[C@@H]2CCCOC(=O)NC2)C3)c1. The summed E-state index contributed by atoms with van der Waals surface area (Å²) >= 11 is 0. The van der Waals surface area contributed by atoms with Crippen molar-refractivity contribution in [3.8, 4) is 0 Å². The number of amides is 2. The Morgan fingerprint density at radius 1 is 1.32 bits per heavy atom. The number of hydrogen-bond donors (Lipinski definition) is 1. The third kappa shape index (κ3) is 3.24. The second-order valence-electron chi connectivity index (χ2n) is 8.07. The largest absolute Gasteiger partial charge is 0.450 e. The average molecular weight is 342 g/mol. The molecule has 1 spiro atoms. The molecule has 0 radical (unpaired) electrons. The van der Waals surface area contributed by atoms with Gasteiger partial charge in [-0.1, -0.05) is 29.8 Å². The van der Waals surface area contributed by atoms with Gasteiger partial charge in [0.2, 0.25) is 5.91 Å². The molecule has 1 aliphatic carbocycles. The number of carbonyl (C=O) groups is 2. The number of carbonyl (C=O) groups excluding carboxylic acids is 2. The van der Waals surface area contributed by atoms with Gasteiger partial charge in [0.05, 0.1) is 12.5 Å². The molecule has 3 fully saturated rings. The molecule has 2 aliphatic heterocycles. The molecule has 3 aliphatic rings. The molecule has 1 N–H and O–H groups in total. The Bertz CT molecular complexity index is 673. The lowest BCUT2D eigenvalue weighted by atomic mass is 9.56. The van der Waals surface area contributed by atoms with Crippen LogP contribution in [0.2, 0.25) is 0 Å². The summed E-state index contributed by atoms with van der Waals surface area (Å²) < 4.78 is 4.96. The van der Waals surface area contributed by atoms with Gasteiger partial charge in [0.1, 0.15) is 0 Å².